The molecule has 7 nitrogen and oxygen atoms in total. The molecule has 0 radical (unpaired) electrons. The van der Waals surface area contributed by atoms with Gasteiger partial charge in [-0.15, -0.1) is 11.3 Å². The molecule has 0 amide bonds. The number of hydrogen-bond donors (Lipinski definition) is 1. The van der Waals surface area contributed by atoms with Crippen molar-refractivity contribution in [3.63, 3.8) is 0 Å². The van der Waals surface area contributed by atoms with Crippen LogP contribution in [0, 0.1) is 12.8 Å². The van der Waals surface area contributed by atoms with Crippen molar-refractivity contribution in [2.24, 2.45) is 5.92 Å². The smallest absolute Gasteiger partial charge is 0.250 e. The predicted octanol–water partition coefficient (Wildman–Crippen LogP) is 3.92. The van der Waals surface area contributed by atoms with E-state index in [9.17, 15) is 8.42 Å². The van der Waals surface area contributed by atoms with E-state index in [1.54, 1.807) is 6.07 Å². The lowest BCUT2D eigenvalue weighted by atomic mass is 10.0. The number of sulfonamides is 1. The minimum atomic E-state index is -3.56. The summed E-state index contributed by atoms with van der Waals surface area (Å²) < 4.78 is 47.0. The summed E-state index contributed by atoms with van der Waals surface area (Å²) in [6.45, 7) is 6.28. The second kappa shape index (κ2) is 9.31. The van der Waals surface area contributed by atoms with Gasteiger partial charge in [0.1, 0.15) is 24.0 Å². The van der Waals surface area contributed by atoms with E-state index in [0.29, 0.717) is 52.8 Å². The van der Waals surface area contributed by atoms with E-state index in [1.807, 2.05) is 37.3 Å². The monoisotopic (exact) mass is 508 g/mol. The minimum absolute atomic E-state index is 0.283. The number of thiophene rings is 1. The van der Waals surface area contributed by atoms with Gasteiger partial charge >= 0.3 is 0 Å². The fraction of sp³-hybridized carbons (Fsp3) is 0.391. The van der Waals surface area contributed by atoms with Crippen LogP contribution < -0.4 is 18.9 Å². The van der Waals surface area contributed by atoms with E-state index in [1.165, 1.54) is 11.3 Å². The Balaban J connectivity index is 1.09. The van der Waals surface area contributed by atoms with Gasteiger partial charge in [0.15, 0.2) is 11.5 Å². The molecule has 2 aromatic carbocycles. The molecule has 2 aliphatic rings. The average molecular weight is 509 g/mol. The highest BCUT2D eigenvalue weighted by molar-refractivity contribution is 7.91. The lowest BCUT2D eigenvalue weighted by molar-refractivity contribution is 0.0835. The van der Waals surface area contributed by atoms with E-state index in [4.69, 9.17) is 25.8 Å². The topological polar surface area (TPSA) is 77.1 Å². The van der Waals surface area contributed by atoms with E-state index < -0.39 is 10.0 Å². The molecule has 3 aromatic rings. The van der Waals surface area contributed by atoms with Crippen LogP contribution in [0.1, 0.15) is 5.56 Å². The molecule has 3 heterocycles. The number of fused-ring (bicyclic) bond motifs is 2. The van der Waals surface area contributed by atoms with Crippen molar-refractivity contribution in [2.45, 2.75) is 11.1 Å². The Labute approximate surface area is 202 Å². The van der Waals surface area contributed by atoms with Gasteiger partial charge in [-0.05, 0) is 54.1 Å². The third-order valence-electron chi connectivity index (χ3n) is 5.89. The fourth-order valence-corrected chi connectivity index (χ4v) is 7.23. The average Bonchev–Trinajstić information content (AvgIpc) is 3.11. The summed E-state index contributed by atoms with van der Waals surface area (Å²) in [5.41, 5.74) is 0.745. The van der Waals surface area contributed by atoms with Gasteiger partial charge in [-0.25, -0.2) is 13.1 Å². The maximum atomic E-state index is 12.9. The quantitative estimate of drug-likeness (QED) is 0.497. The molecule has 0 spiro atoms. The summed E-state index contributed by atoms with van der Waals surface area (Å²) >= 11 is 7.35. The maximum Gasteiger partial charge on any atom is 0.250 e. The first kappa shape index (κ1) is 22.7. The standard InChI is InChI=1S/C23H25ClN2O5S2/c1-15-18-11-17(24)5-6-21(18)32-23(15)33(27,28)25-12-16-13-26(14-16)7-8-29-19-3-2-4-20-22(19)31-10-9-30-20/h2-6,11,16,25H,7-10,12-14H2,1H3. The zero-order chi connectivity index (χ0) is 23.0. The molecular weight excluding hydrogens is 484 g/mol. The van der Waals surface area contributed by atoms with Gasteiger partial charge in [-0.3, -0.25) is 4.90 Å². The first-order chi connectivity index (χ1) is 15.9. The number of hydrogen-bond acceptors (Lipinski definition) is 7. The second-order valence-corrected chi connectivity index (χ2v) is 11.7. The Kier molecular flexibility index (Phi) is 6.41. The van der Waals surface area contributed by atoms with Crippen molar-refractivity contribution < 1.29 is 22.6 Å². The van der Waals surface area contributed by atoms with E-state index in [-0.39, 0.29) is 5.92 Å². The van der Waals surface area contributed by atoms with Crippen LogP contribution in [0.4, 0.5) is 0 Å². The van der Waals surface area contributed by atoms with Crippen LogP contribution in [0.15, 0.2) is 40.6 Å². The molecule has 1 N–H and O–H groups in total. The molecule has 176 valence electrons. The predicted molar refractivity (Wildman–Crippen MR) is 130 cm³/mol. The molecule has 2 aliphatic heterocycles. The van der Waals surface area contributed by atoms with Gasteiger partial charge in [-0.1, -0.05) is 17.7 Å². The number of nitrogens with zero attached hydrogens (tertiary/aromatic N) is 1. The van der Waals surface area contributed by atoms with Crippen LogP contribution in [0.25, 0.3) is 10.1 Å². The molecule has 10 heteroatoms. The molecule has 33 heavy (non-hydrogen) atoms. The van der Waals surface area contributed by atoms with Crippen molar-refractivity contribution in [2.75, 3.05) is 46.0 Å². The Hall–Kier alpha value is -2.04. The van der Waals surface area contributed by atoms with Gasteiger partial charge in [0.2, 0.25) is 15.8 Å². The second-order valence-electron chi connectivity index (χ2n) is 8.26. The van der Waals surface area contributed by atoms with Crippen molar-refractivity contribution >= 4 is 43.0 Å². The SMILES string of the molecule is Cc1c(S(=O)(=O)NCC2CN(CCOc3cccc4c3OCCO4)C2)sc2ccc(Cl)cc12. The summed E-state index contributed by atoms with van der Waals surface area (Å²) in [7, 11) is -3.56. The Morgan fingerprint density at radius 3 is 2.88 bits per heavy atom. The fourth-order valence-electron chi connectivity index (χ4n) is 4.15. The third-order valence-corrected chi connectivity index (χ3v) is 9.44. The van der Waals surface area contributed by atoms with Crippen molar-refractivity contribution in [3.8, 4) is 17.2 Å². The normalized spacial score (nSPS) is 16.7. The minimum Gasteiger partial charge on any atom is -0.488 e. The molecule has 1 saturated heterocycles. The summed E-state index contributed by atoms with van der Waals surface area (Å²) in [4.78, 5) is 2.25. The van der Waals surface area contributed by atoms with Gasteiger partial charge in [0.25, 0.3) is 0 Å². The zero-order valence-corrected chi connectivity index (χ0v) is 20.6. The number of nitrogens with one attached hydrogen (secondary N) is 1. The molecule has 0 unspecified atom stereocenters. The van der Waals surface area contributed by atoms with Crippen LogP contribution in [-0.4, -0.2) is 59.3 Å². The Bertz CT molecular complexity index is 1270. The van der Waals surface area contributed by atoms with E-state index >= 15 is 0 Å². The van der Waals surface area contributed by atoms with Crippen molar-refractivity contribution in [1.82, 2.24) is 9.62 Å². The summed E-state index contributed by atoms with van der Waals surface area (Å²) in [5, 5.41) is 1.49. The number of aryl methyl sites for hydroxylation is 1. The summed E-state index contributed by atoms with van der Waals surface area (Å²) in [5.74, 6) is 2.35. The highest BCUT2D eigenvalue weighted by Gasteiger charge is 2.29. The van der Waals surface area contributed by atoms with Crippen LogP contribution >= 0.6 is 22.9 Å². The zero-order valence-electron chi connectivity index (χ0n) is 18.2. The number of para-hydroxylation sites is 1. The Morgan fingerprint density at radius 1 is 1.21 bits per heavy atom. The molecule has 1 fully saturated rings. The van der Waals surface area contributed by atoms with Crippen LogP contribution in [0.3, 0.4) is 0 Å². The lowest BCUT2D eigenvalue weighted by Crippen LogP contribution is -2.52. The lowest BCUT2D eigenvalue weighted by Gasteiger charge is -2.39. The summed E-state index contributed by atoms with van der Waals surface area (Å²) in [6, 6.07) is 11.1. The number of ether oxygens (including phenoxy) is 3. The molecule has 1 aromatic heterocycles. The van der Waals surface area contributed by atoms with Gasteiger partial charge in [0.05, 0.1) is 0 Å². The number of rotatable bonds is 8. The highest BCUT2D eigenvalue weighted by Crippen LogP contribution is 2.39. The molecule has 0 bridgehead atoms. The first-order valence-corrected chi connectivity index (χ1v) is 13.5. The molecule has 5 rings (SSSR count). The molecular formula is C23H25ClN2O5S2. The van der Waals surface area contributed by atoms with Gasteiger partial charge in [0, 0.05) is 35.9 Å². The van der Waals surface area contributed by atoms with E-state index in [0.717, 1.165) is 35.3 Å². The van der Waals surface area contributed by atoms with Crippen molar-refractivity contribution in [1.29, 1.82) is 0 Å². The van der Waals surface area contributed by atoms with Crippen molar-refractivity contribution in [3.05, 3.63) is 47.0 Å². The largest absolute Gasteiger partial charge is 0.488 e. The van der Waals surface area contributed by atoms with Crippen LogP contribution in [0.5, 0.6) is 17.2 Å². The summed E-state index contributed by atoms with van der Waals surface area (Å²) in [6.07, 6.45) is 0. The van der Waals surface area contributed by atoms with Gasteiger partial charge < -0.3 is 14.2 Å². The first-order valence-electron chi connectivity index (χ1n) is 10.8. The number of halogens is 1. The third kappa shape index (κ3) is 4.79. The highest BCUT2D eigenvalue weighted by atomic mass is 35.5. The number of benzene rings is 2. The maximum absolute atomic E-state index is 12.9. The van der Waals surface area contributed by atoms with Crippen LogP contribution in [-0.2, 0) is 10.0 Å². The number of likely N-dealkylation sites (tertiary alicyclic amines) is 1. The van der Waals surface area contributed by atoms with E-state index in [2.05, 4.69) is 9.62 Å². The molecule has 0 atom stereocenters. The van der Waals surface area contributed by atoms with Gasteiger partial charge in [-0.2, -0.15) is 0 Å². The molecule has 0 aliphatic carbocycles. The Morgan fingerprint density at radius 2 is 2.03 bits per heavy atom. The molecule has 0 saturated carbocycles. The van der Waals surface area contributed by atoms with Crippen LogP contribution in [0.2, 0.25) is 5.02 Å².